The molecule has 0 aliphatic carbocycles. The molecule has 0 fully saturated rings. The molecule has 1 aromatic carbocycles. The van der Waals surface area contributed by atoms with Gasteiger partial charge in [0.2, 0.25) is 0 Å². The molecule has 0 spiro atoms. The first-order chi connectivity index (χ1) is 8.33. The van der Waals surface area contributed by atoms with Gasteiger partial charge in [0.05, 0.1) is 0 Å². The quantitative estimate of drug-likeness (QED) is 0.844. The predicted molar refractivity (Wildman–Crippen MR) is 69.4 cm³/mol. The monoisotopic (exact) mass is 228 g/mol. The molecule has 0 bridgehead atoms. The van der Waals surface area contributed by atoms with Gasteiger partial charge in [-0.15, -0.1) is 0 Å². The zero-order valence-electron chi connectivity index (χ0n) is 9.85. The molecule has 1 atom stereocenters. The third kappa shape index (κ3) is 1.98. The zero-order valence-corrected chi connectivity index (χ0v) is 9.85. The van der Waals surface area contributed by atoms with E-state index in [1.807, 2.05) is 24.0 Å². The summed E-state index contributed by atoms with van der Waals surface area (Å²) < 4.78 is 1.81. The van der Waals surface area contributed by atoms with Gasteiger partial charge in [-0.2, -0.15) is 5.10 Å². The number of hydrogen-bond donors (Lipinski definition) is 2. The molecule has 88 valence electrons. The van der Waals surface area contributed by atoms with Crippen molar-refractivity contribution in [2.75, 3.05) is 23.7 Å². The molecule has 2 N–H and O–H groups in total. The lowest BCUT2D eigenvalue weighted by atomic mass is 10.0. The third-order valence-electron chi connectivity index (χ3n) is 3.18. The molecule has 1 aliphatic heterocycles. The van der Waals surface area contributed by atoms with Crippen LogP contribution in [0.1, 0.15) is 11.5 Å². The summed E-state index contributed by atoms with van der Waals surface area (Å²) in [6.45, 7) is 1.92. The fourth-order valence-corrected chi connectivity index (χ4v) is 2.28. The van der Waals surface area contributed by atoms with Gasteiger partial charge in [-0.05, 0) is 11.6 Å². The van der Waals surface area contributed by atoms with E-state index in [2.05, 4.69) is 40.0 Å². The summed E-state index contributed by atoms with van der Waals surface area (Å²) in [4.78, 5) is 0. The van der Waals surface area contributed by atoms with Crippen LogP contribution in [0.15, 0.2) is 36.5 Å². The van der Waals surface area contributed by atoms with Gasteiger partial charge < -0.3 is 10.6 Å². The van der Waals surface area contributed by atoms with Crippen molar-refractivity contribution in [3.8, 4) is 0 Å². The van der Waals surface area contributed by atoms with E-state index >= 15 is 0 Å². The Bertz CT molecular complexity index is 518. The van der Waals surface area contributed by atoms with E-state index in [9.17, 15) is 0 Å². The highest BCUT2D eigenvalue weighted by atomic mass is 15.3. The standard InChI is InChI=1S/C13H16N4/c1-17-7-6-13(16-17)15-9-10-8-14-12-5-3-2-4-11(10)12/h2-7,10,14H,8-9H2,1H3,(H,15,16). The summed E-state index contributed by atoms with van der Waals surface area (Å²) in [5, 5.41) is 11.1. The predicted octanol–water partition coefficient (Wildman–Crippen LogP) is 2.04. The van der Waals surface area contributed by atoms with E-state index < -0.39 is 0 Å². The number of hydrogen-bond acceptors (Lipinski definition) is 3. The lowest BCUT2D eigenvalue weighted by Crippen LogP contribution is -2.14. The van der Waals surface area contributed by atoms with E-state index in [0.717, 1.165) is 18.9 Å². The highest BCUT2D eigenvalue weighted by Gasteiger charge is 2.21. The zero-order chi connectivity index (χ0) is 11.7. The number of para-hydroxylation sites is 1. The molecular weight excluding hydrogens is 212 g/mol. The number of benzene rings is 1. The number of anilines is 2. The van der Waals surface area contributed by atoms with Crippen LogP contribution in [0, 0.1) is 0 Å². The summed E-state index contributed by atoms with van der Waals surface area (Å²) in [5.74, 6) is 1.46. The van der Waals surface area contributed by atoms with Crippen LogP contribution in [-0.2, 0) is 7.05 Å². The molecule has 17 heavy (non-hydrogen) atoms. The molecule has 4 heteroatoms. The Morgan fingerprint density at radius 2 is 2.29 bits per heavy atom. The third-order valence-corrected chi connectivity index (χ3v) is 3.18. The number of rotatable bonds is 3. The molecule has 1 aromatic heterocycles. The Morgan fingerprint density at radius 1 is 1.41 bits per heavy atom. The summed E-state index contributed by atoms with van der Waals surface area (Å²) in [6, 6.07) is 10.5. The molecular formula is C13H16N4. The van der Waals surface area contributed by atoms with Crippen molar-refractivity contribution in [3.63, 3.8) is 0 Å². The average Bonchev–Trinajstić information content (AvgIpc) is 2.93. The van der Waals surface area contributed by atoms with Crippen molar-refractivity contribution >= 4 is 11.5 Å². The van der Waals surface area contributed by atoms with Crippen LogP contribution in [0.5, 0.6) is 0 Å². The van der Waals surface area contributed by atoms with E-state index in [4.69, 9.17) is 0 Å². The average molecular weight is 228 g/mol. The second-order valence-corrected chi connectivity index (χ2v) is 4.42. The van der Waals surface area contributed by atoms with Crippen molar-refractivity contribution in [2.45, 2.75) is 5.92 Å². The smallest absolute Gasteiger partial charge is 0.147 e. The van der Waals surface area contributed by atoms with Crippen molar-refractivity contribution < 1.29 is 0 Å². The molecule has 0 saturated heterocycles. The van der Waals surface area contributed by atoms with E-state index in [1.54, 1.807) is 0 Å². The summed E-state index contributed by atoms with van der Waals surface area (Å²) in [6.07, 6.45) is 1.95. The minimum atomic E-state index is 0.521. The van der Waals surface area contributed by atoms with Crippen LogP contribution in [0.25, 0.3) is 0 Å². The number of nitrogens with zero attached hydrogens (tertiary/aromatic N) is 2. The second-order valence-electron chi connectivity index (χ2n) is 4.42. The Hall–Kier alpha value is -1.97. The maximum Gasteiger partial charge on any atom is 0.147 e. The fraction of sp³-hybridized carbons (Fsp3) is 0.308. The van der Waals surface area contributed by atoms with Crippen LogP contribution in [0.2, 0.25) is 0 Å². The molecule has 1 unspecified atom stereocenters. The Balaban J connectivity index is 1.68. The minimum Gasteiger partial charge on any atom is -0.384 e. The highest BCUT2D eigenvalue weighted by molar-refractivity contribution is 5.58. The summed E-state index contributed by atoms with van der Waals surface area (Å²) in [5.41, 5.74) is 2.66. The lowest BCUT2D eigenvalue weighted by molar-refractivity contribution is 0.755. The molecule has 0 radical (unpaired) electrons. The Kier molecular flexibility index (Phi) is 2.48. The van der Waals surface area contributed by atoms with Gasteiger partial charge in [-0.25, -0.2) is 0 Å². The molecule has 1 aliphatic rings. The normalized spacial score (nSPS) is 17.6. The van der Waals surface area contributed by atoms with Crippen LogP contribution in [0.4, 0.5) is 11.5 Å². The molecule has 2 heterocycles. The first kappa shape index (κ1) is 10.2. The molecule has 0 amide bonds. The molecule has 4 nitrogen and oxygen atoms in total. The maximum atomic E-state index is 4.31. The number of fused-ring (bicyclic) bond motifs is 1. The minimum absolute atomic E-state index is 0.521. The topological polar surface area (TPSA) is 41.9 Å². The van der Waals surface area contributed by atoms with E-state index in [1.165, 1.54) is 11.3 Å². The van der Waals surface area contributed by atoms with Crippen LogP contribution in [-0.4, -0.2) is 22.9 Å². The Labute approximate surface area is 101 Å². The Morgan fingerprint density at radius 3 is 3.12 bits per heavy atom. The van der Waals surface area contributed by atoms with Gasteiger partial charge in [-0.3, -0.25) is 4.68 Å². The van der Waals surface area contributed by atoms with Crippen LogP contribution in [0.3, 0.4) is 0 Å². The number of aromatic nitrogens is 2. The summed E-state index contributed by atoms with van der Waals surface area (Å²) in [7, 11) is 1.93. The van der Waals surface area contributed by atoms with Gasteiger partial charge in [0.1, 0.15) is 5.82 Å². The van der Waals surface area contributed by atoms with Gasteiger partial charge in [0, 0.05) is 44.0 Å². The molecule has 2 aromatic rings. The number of aryl methyl sites for hydroxylation is 1. The number of nitrogens with one attached hydrogen (secondary N) is 2. The lowest BCUT2D eigenvalue weighted by Gasteiger charge is -2.10. The highest BCUT2D eigenvalue weighted by Crippen LogP contribution is 2.30. The summed E-state index contributed by atoms with van der Waals surface area (Å²) >= 11 is 0. The second kappa shape index (κ2) is 4.13. The van der Waals surface area contributed by atoms with Crippen molar-refractivity contribution in [2.24, 2.45) is 7.05 Å². The fourth-order valence-electron chi connectivity index (χ4n) is 2.28. The SMILES string of the molecule is Cn1ccc(NCC2CNc3ccccc32)n1. The van der Waals surface area contributed by atoms with E-state index in [-0.39, 0.29) is 0 Å². The molecule has 3 rings (SSSR count). The first-order valence-corrected chi connectivity index (χ1v) is 5.89. The van der Waals surface area contributed by atoms with Crippen LogP contribution < -0.4 is 10.6 Å². The van der Waals surface area contributed by atoms with Crippen molar-refractivity contribution in [1.29, 1.82) is 0 Å². The van der Waals surface area contributed by atoms with Gasteiger partial charge >= 0.3 is 0 Å². The van der Waals surface area contributed by atoms with Gasteiger partial charge in [-0.1, -0.05) is 18.2 Å². The van der Waals surface area contributed by atoms with Crippen molar-refractivity contribution in [3.05, 3.63) is 42.1 Å². The maximum absolute atomic E-state index is 4.31. The van der Waals surface area contributed by atoms with Gasteiger partial charge in [0.25, 0.3) is 0 Å². The van der Waals surface area contributed by atoms with Crippen LogP contribution >= 0.6 is 0 Å². The van der Waals surface area contributed by atoms with Gasteiger partial charge in [0.15, 0.2) is 0 Å². The van der Waals surface area contributed by atoms with Crippen molar-refractivity contribution in [1.82, 2.24) is 9.78 Å². The molecule has 0 saturated carbocycles. The van der Waals surface area contributed by atoms with E-state index in [0.29, 0.717) is 5.92 Å². The largest absolute Gasteiger partial charge is 0.384 e. The first-order valence-electron chi connectivity index (χ1n) is 5.89.